The number of pyridine rings is 5. The van der Waals surface area contributed by atoms with Gasteiger partial charge in [0, 0.05) is 89.8 Å². The van der Waals surface area contributed by atoms with Gasteiger partial charge in [-0.3, -0.25) is 24.9 Å². The maximum atomic E-state index is 4.59. The zero-order chi connectivity index (χ0) is 64.0. The highest BCUT2D eigenvalue weighted by molar-refractivity contribution is 5.90. The van der Waals surface area contributed by atoms with Crippen LogP contribution in [0.25, 0.3) is 167 Å². The minimum atomic E-state index is 1.05. The summed E-state index contributed by atoms with van der Waals surface area (Å²) in [6, 6.07) is 112. The Balaban J connectivity index is 0.748. The molecule has 0 saturated heterocycles. The van der Waals surface area contributed by atoms with Gasteiger partial charge in [-0.2, -0.15) is 0 Å². The van der Waals surface area contributed by atoms with Crippen molar-refractivity contribution in [2.45, 2.75) is 0 Å². The summed E-state index contributed by atoms with van der Waals surface area (Å²) in [6.45, 7) is 0. The van der Waals surface area contributed by atoms with E-state index in [1.165, 1.54) is 0 Å². The average molecular weight is 1220 g/mol. The first-order valence-corrected chi connectivity index (χ1v) is 32.3. The summed E-state index contributed by atoms with van der Waals surface area (Å²) >= 11 is 0. The van der Waals surface area contributed by atoms with Crippen molar-refractivity contribution in [3.63, 3.8) is 0 Å². The van der Waals surface area contributed by atoms with Crippen LogP contribution in [0.3, 0.4) is 0 Å². The first-order valence-electron chi connectivity index (χ1n) is 32.3. The highest BCUT2D eigenvalue weighted by Gasteiger charge is 2.16. The monoisotopic (exact) mass is 1220 g/mol. The molecular formula is C91H61N5. The first kappa shape index (κ1) is 58.3. The van der Waals surface area contributed by atoms with Gasteiger partial charge in [-0.05, 0) is 273 Å². The van der Waals surface area contributed by atoms with Crippen molar-refractivity contribution >= 4 is 0 Å². The lowest BCUT2D eigenvalue weighted by atomic mass is 9.89. The fourth-order valence-corrected chi connectivity index (χ4v) is 13.1. The molecule has 0 atom stereocenters. The predicted molar refractivity (Wildman–Crippen MR) is 397 cm³/mol. The van der Waals surface area contributed by atoms with Crippen LogP contribution in [0.5, 0.6) is 0 Å². The molecule has 0 bridgehead atoms. The van der Waals surface area contributed by atoms with Crippen LogP contribution in [0.2, 0.25) is 0 Å². The molecule has 0 saturated carbocycles. The van der Waals surface area contributed by atoms with Crippen LogP contribution < -0.4 is 0 Å². The van der Waals surface area contributed by atoms with Crippen LogP contribution in [-0.2, 0) is 0 Å². The van der Waals surface area contributed by atoms with Gasteiger partial charge in [0.15, 0.2) is 0 Å². The Morgan fingerprint density at radius 3 is 0.354 bits per heavy atom. The minimum absolute atomic E-state index is 1.05. The third-order valence-electron chi connectivity index (χ3n) is 18.0. The van der Waals surface area contributed by atoms with E-state index >= 15 is 0 Å². The molecule has 96 heavy (non-hydrogen) atoms. The van der Waals surface area contributed by atoms with Crippen molar-refractivity contribution in [1.29, 1.82) is 0 Å². The van der Waals surface area contributed by atoms with Gasteiger partial charge in [0.05, 0.1) is 0 Å². The number of benzene rings is 11. The number of hydrogen-bond acceptors (Lipinski definition) is 5. The quantitative estimate of drug-likeness (QED) is 0.102. The summed E-state index contributed by atoms with van der Waals surface area (Å²) in [6.07, 6.45) is 18.8. The van der Waals surface area contributed by atoms with Gasteiger partial charge < -0.3 is 0 Å². The lowest BCUT2D eigenvalue weighted by Crippen LogP contribution is -1.90. The largest absolute Gasteiger partial charge is 0.264 e. The lowest BCUT2D eigenvalue weighted by Gasteiger charge is -2.15. The normalized spacial score (nSPS) is 11.1. The van der Waals surface area contributed by atoms with Crippen molar-refractivity contribution in [3.8, 4) is 167 Å². The van der Waals surface area contributed by atoms with Crippen molar-refractivity contribution in [1.82, 2.24) is 24.9 Å². The maximum Gasteiger partial charge on any atom is 0.0346 e. The van der Waals surface area contributed by atoms with E-state index in [-0.39, 0.29) is 0 Å². The molecule has 11 aromatic carbocycles. The van der Waals surface area contributed by atoms with Crippen molar-refractivity contribution in [2.75, 3.05) is 0 Å². The van der Waals surface area contributed by atoms with Gasteiger partial charge in [0.1, 0.15) is 0 Å². The molecule has 5 aromatic heterocycles. The fraction of sp³-hybridized carbons (Fsp3) is 0. The number of rotatable bonds is 15. The van der Waals surface area contributed by atoms with Gasteiger partial charge in [-0.15, -0.1) is 0 Å². The molecule has 0 aliphatic rings. The van der Waals surface area contributed by atoms with E-state index in [9.17, 15) is 0 Å². The second-order valence-corrected chi connectivity index (χ2v) is 24.3. The van der Waals surface area contributed by atoms with E-state index in [0.29, 0.717) is 0 Å². The van der Waals surface area contributed by atoms with Crippen molar-refractivity contribution < 1.29 is 0 Å². The maximum absolute atomic E-state index is 4.59. The molecule has 5 nitrogen and oxygen atoms in total. The standard InChI is InChI=1S/C91H61N5/c1-14-62(40-70(22-1)83-48-85(74-26-5-18-66(44-74)78-30-9-35-92-57-78)52-86(49-83)75-27-6-19-67(45-75)79-31-10-36-93-58-79)64-16-3-24-72(42-64)89-54-90(56-91(55-89)82-34-13-39-96-61-82)73-25-4-17-65(43-73)63-15-2-23-71(41-63)84-50-87(76-28-7-20-68(46-76)80-32-11-37-94-59-80)53-88(51-84)77-29-8-21-69(47-77)81-33-12-38-95-60-81/h1-61H. The second kappa shape index (κ2) is 26.4. The molecule has 0 amide bonds. The molecule has 0 spiro atoms. The second-order valence-electron chi connectivity index (χ2n) is 24.3. The van der Waals surface area contributed by atoms with Crippen LogP contribution in [0.1, 0.15) is 0 Å². The van der Waals surface area contributed by atoms with E-state index in [1.54, 1.807) is 0 Å². The lowest BCUT2D eigenvalue weighted by molar-refractivity contribution is 1.33. The molecule has 0 aliphatic heterocycles. The predicted octanol–water partition coefficient (Wildman–Crippen LogP) is 23.7. The Morgan fingerprint density at radius 2 is 0.208 bits per heavy atom. The van der Waals surface area contributed by atoms with Gasteiger partial charge in [-0.25, -0.2) is 0 Å². The molecular weight excluding hydrogens is 1160 g/mol. The van der Waals surface area contributed by atoms with E-state index in [1.807, 2.05) is 92.3 Å². The van der Waals surface area contributed by atoms with E-state index in [2.05, 4.69) is 304 Å². The number of nitrogens with zero attached hydrogens (tertiary/aromatic N) is 5. The fourth-order valence-electron chi connectivity index (χ4n) is 13.1. The Kier molecular flexibility index (Phi) is 16.0. The summed E-state index contributed by atoms with van der Waals surface area (Å²) in [5, 5.41) is 0. The molecule has 5 heterocycles. The third kappa shape index (κ3) is 12.6. The molecule has 450 valence electrons. The van der Waals surface area contributed by atoms with E-state index in [4.69, 9.17) is 0 Å². The Morgan fingerprint density at radius 1 is 0.104 bits per heavy atom. The van der Waals surface area contributed by atoms with Crippen LogP contribution in [0.4, 0.5) is 0 Å². The summed E-state index contributed by atoms with van der Waals surface area (Å²) in [7, 11) is 0. The van der Waals surface area contributed by atoms with Crippen LogP contribution in [0.15, 0.2) is 371 Å². The van der Waals surface area contributed by atoms with Gasteiger partial charge in [0.2, 0.25) is 0 Å². The molecule has 0 N–H and O–H groups in total. The minimum Gasteiger partial charge on any atom is -0.264 e. The van der Waals surface area contributed by atoms with Crippen molar-refractivity contribution in [2.24, 2.45) is 0 Å². The van der Waals surface area contributed by atoms with Crippen molar-refractivity contribution in [3.05, 3.63) is 371 Å². The molecule has 16 aromatic rings. The summed E-state index contributed by atoms with van der Waals surface area (Å²) in [5.41, 5.74) is 33.5. The molecule has 0 aliphatic carbocycles. The Labute approximate surface area is 559 Å². The van der Waals surface area contributed by atoms with Gasteiger partial charge >= 0.3 is 0 Å². The summed E-state index contributed by atoms with van der Waals surface area (Å²) in [5.74, 6) is 0. The molecule has 5 heteroatoms. The van der Waals surface area contributed by atoms with Crippen LogP contribution in [0, 0.1) is 0 Å². The summed E-state index contributed by atoms with van der Waals surface area (Å²) in [4.78, 5) is 22.3. The van der Waals surface area contributed by atoms with Gasteiger partial charge in [0.25, 0.3) is 0 Å². The average Bonchev–Trinajstić information content (AvgIpc) is 0.855. The van der Waals surface area contributed by atoms with E-state index < -0.39 is 0 Å². The zero-order valence-electron chi connectivity index (χ0n) is 52.5. The zero-order valence-corrected chi connectivity index (χ0v) is 52.5. The summed E-state index contributed by atoms with van der Waals surface area (Å²) < 4.78 is 0. The SMILES string of the molecule is c1cncc(-c2cccc(-c3cc(-c4cccc(-c5cccnc5)c4)cc(-c4cccc(-c5cccc(-c6cc(-c7cccnc7)cc(-c7cccc(-c8cccc(-c9cc(-c%10cccc(-c%11cccnc%11)c%10)cc(-c%10cccc(-c%11cccnc%11)c%10)c9)c8)c7)c6)c5)c4)c3)c2)c1. The molecule has 0 unspecified atom stereocenters. The van der Waals surface area contributed by atoms with Crippen LogP contribution in [-0.4, -0.2) is 24.9 Å². The first-order chi connectivity index (χ1) is 47.5. The molecule has 16 rings (SSSR count). The topological polar surface area (TPSA) is 64.5 Å². The third-order valence-corrected chi connectivity index (χ3v) is 18.0. The van der Waals surface area contributed by atoms with Gasteiger partial charge in [-0.1, -0.05) is 176 Å². The number of hydrogen-bond donors (Lipinski definition) is 0. The smallest absolute Gasteiger partial charge is 0.0346 e. The molecule has 0 fully saturated rings. The highest BCUT2D eigenvalue weighted by atomic mass is 14.6. The highest BCUT2D eigenvalue weighted by Crippen LogP contribution is 2.42. The van der Waals surface area contributed by atoms with E-state index in [0.717, 1.165) is 167 Å². The van der Waals surface area contributed by atoms with Crippen LogP contribution >= 0.6 is 0 Å². The molecule has 0 radical (unpaired) electrons. The Hall–Kier alpha value is -12.8. The number of aromatic nitrogens is 5. The Bertz CT molecular complexity index is 4940.